The zero-order valence-electron chi connectivity index (χ0n) is 20.4. The number of benzene rings is 3. The molecular weight excluding hydrogens is 504 g/mol. The van der Waals surface area contributed by atoms with Crippen molar-refractivity contribution in [3.8, 4) is 17.2 Å². The number of rotatable bonds is 8. The molecule has 0 fully saturated rings. The third-order valence-electron chi connectivity index (χ3n) is 5.61. The van der Waals surface area contributed by atoms with Crippen LogP contribution in [0, 0.1) is 6.92 Å². The van der Waals surface area contributed by atoms with Crippen LogP contribution in [-0.2, 0) is 6.54 Å². The standard InChI is InChI=1S/C29H23ClN4O4/c1-19-6-2-10-23(14-19)34-29(36)27(26(18-32-34)38-24-11-4-8-21(30)16-24)33-22-9-3-7-20(15-22)28(35)31-17-25-12-5-13-37-25/h2-16,18,33H,17H2,1H3,(H,31,35). The molecule has 190 valence electrons. The van der Waals surface area contributed by atoms with E-state index >= 15 is 0 Å². The Morgan fingerprint density at radius 3 is 2.66 bits per heavy atom. The molecule has 0 bridgehead atoms. The summed E-state index contributed by atoms with van der Waals surface area (Å²) in [7, 11) is 0. The molecule has 0 radical (unpaired) electrons. The number of halogens is 1. The van der Waals surface area contributed by atoms with Crippen LogP contribution < -0.4 is 20.9 Å². The van der Waals surface area contributed by atoms with Crippen LogP contribution in [0.1, 0.15) is 21.7 Å². The first kappa shape index (κ1) is 24.9. The Morgan fingerprint density at radius 1 is 1.03 bits per heavy atom. The second-order valence-electron chi connectivity index (χ2n) is 8.47. The zero-order valence-corrected chi connectivity index (χ0v) is 21.1. The maximum atomic E-state index is 13.7. The van der Waals surface area contributed by atoms with Crippen molar-refractivity contribution >= 4 is 28.9 Å². The van der Waals surface area contributed by atoms with Gasteiger partial charge in [-0.05, 0) is 73.2 Å². The number of hydrogen-bond donors (Lipinski definition) is 2. The Bertz CT molecular complexity index is 1650. The highest BCUT2D eigenvalue weighted by molar-refractivity contribution is 6.30. The molecule has 2 heterocycles. The largest absolute Gasteiger partial charge is 0.467 e. The molecule has 5 aromatic rings. The number of amides is 1. The second kappa shape index (κ2) is 11.1. The summed E-state index contributed by atoms with van der Waals surface area (Å²) in [6.45, 7) is 2.19. The molecular formula is C29H23ClN4O4. The molecule has 0 aliphatic heterocycles. The van der Waals surface area contributed by atoms with Gasteiger partial charge < -0.3 is 19.8 Å². The van der Waals surface area contributed by atoms with E-state index in [1.165, 1.54) is 10.9 Å². The summed E-state index contributed by atoms with van der Waals surface area (Å²) >= 11 is 6.12. The molecule has 8 nitrogen and oxygen atoms in total. The monoisotopic (exact) mass is 526 g/mol. The van der Waals surface area contributed by atoms with Gasteiger partial charge in [0.05, 0.1) is 24.7 Å². The van der Waals surface area contributed by atoms with Crippen molar-refractivity contribution in [2.75, 3.05) is 5.32 Å². The van der Waals surface area contributed by atoms with E-state index in [4.69, 9.17) is 20.8 Å². The van der Waals surface area contributed by atoms with Gasteiger partial charge >= 0.3 is 0 Å². The maximum Gasteiger partial charge on any atom is 0.299 e. The molecule has 0 aliphatic rings. The lowest BCUT2D eigenvalue weighted by atomic mass is 10.2. The first-order chi connectivity index (χ1) is 18.5. The average Bonchev–Trinajstić information content (AvgIpc) is 3.43. The number of carbonyl (C=O) groups excluding carboxylic acids is 1. The topological polar surface area (TPSA) is 98.4 Å². The minimum atomic E-state index is -0.428. The molecule has 0 saturated heterocycles. The van der Waals surface area contributed by atoms with Gasteiger partial charge in [-0.2, -0.15) is 9.78 Å². The van der Waals surface area contributed by atoms with E-state index in [0.29, 0.717) is 33.5 Å². The highest BCUT2D eigenvalue weighted by Crippen LogP contribution is 2.30. The van der Waals surface area contributed by atoms with Crippen molar-refractivity contribution in [2.24, 2.45) is 0 Å². The third-order valence-corrected chi connectivity index (χ3v) is 5.85. The first-order valence-electron chi connectivity index (χ1n) is 11.8. The lowest BCUT2D eigenvalue weighted by Gasteiger charge is -2.15. The Balaban J connectivity index is 1.49. The Hall–Kier alpha value is -4.82. The van der Waals surface area contributed by atoms with Gasteiger partial charge in [-0.25, -0.2) is 0 Å². The van der Waals surface area contributed by atoms with Gasteiger partial charge in [-0.3, -0.25) is 9.59 Å². The van der Waals surface area contributed by atoms with Gasteiger partial charge in [0.2, 0.25) is 0 Å². The number of aryl methyl sites for hydroxylation is 1. The average molecular weight is 527 g/mol. The third kappa shape index (κ3) is 5.77. The van der Waals surface area contributed by atoms with Gasteiger partial charge in [-0.1, -0.05) is 35.9 Å². The zero-order chi connectivity index (χ0) is 26.5. The van der Waals surface area contributed by atoms with Crippen LogP contribution in [0.5, 0.6) is 11.5 Å². The van der Waals surface area contributed by atoms with Gasteiger partial charge in [0.15, 0.2) is 11.4 Å². The van der Waals surface area contributed by atoms with Crippen molar-refractivity contribution in [3.63, 3.8) is 0 Å². The Labute approximate surface area is 223 Å². The number of hydrogen-bond acceptors (Lipinski definition) is 6. The summed E-state index contributed by atoms with van der Waals surface area (Å²) < 4.78 is 12.6. The van der Waals surface area contributed by atoms with Crippen LogP contribution >= 0.6 is 11.6 Å². The van der Waals surface area contributed by atoms with Crippen molar-refractivity contribution in [1.29, 1.82) is 0 Å². The van der Waals surface area contributed by atoms with Gasteiger partial charge in [0.1, 0.15) is 11.5 Å². The number of nitrogens with zero attached hydrogens (tertiary/aromatic N) is 2. The van der Waals surface area contributed by atoms with Crippen LogP contribution in [0.2, 0.25) is 5.02 Å². The smallest absolute Gasteiger partial charge is 0.299 e. The summed E-state index contributed by atoms with van der Waals surface area (Å²) in [5.41, 5.74) is 2.24. The number of carbonyl (C=O) groups is 1. The maximum absolute atomic E-state index is 13.7. The summed E-state index contributed by atoms with van der Waals surface area (Å²) in [5, 5.41) is 10.8. The minimum Gasteiger partial charge on any atom is -0.467 e. The van der Waals surface area contributed by atoms with Gasteiger partial charge in [0.25, 0.3) is 11.5 Å². The van der Waals surface area contributed by atoms with Crippen LogP contribution in [0.25, 0.3) is 5.69 Å². The SMILES string of the molecule is Cc1cccc(-n2ncc(Oc3cccc(Cl)c3)c(Nc3cccc(C(=O)NCc4ccco4)c3)c2=O)c1. The highest BCUT2D eigenvalue weighted by atomic mass is 35.5. The minimum absolute atomic E-state index is 0.148. The molecule has 0 unspecified atom stereocenters. The van der Waals surface area contributed by atoms with E-state index in [1.807, 2.05) is 25.1 Å². The van der Waals surface area contributed by atoms with Crippen molar-refractivity contribution in [3.05, 3.63) is 130 Å². The number of anilines is 2. The highest BCUT2D eigenvalue weighted by Gasteiger charge is 2.17. The molecule has 3 aromatic carbocycles. The number of aromatic nitrogens is 2. The number of ether oxygens (including phenoxy) is 1. The predicted molar refractivity (Wildman–Crippen MR) is 146 cm³/mol. The van der Waals surface area contributed by atoms with Gasteiger partial charge in [0, 0.05) is 16.3 Å². The molecule has 0 atom stereocenters. The summed E-state index contributed by atoms with van der Waals surface area (Å²) in [5.74, 6) is 1.01. The molecule has 2 aromatic heterocycles. The lowest BCUT2D eigenvalue weighted by Crippen LogP contribution is -2.24. The van der Waals surface area contributed by atoms with Crippen LogP contribution in [0.15, 0.2) is 107 Å². The van der Waals surface area contributed by atoms with E-state index in [0.717, 1.165) is 5.56 Å². The fourth-order valence-corrected chi connectivity index (χ4v) is 3.98. The van der Waals surface area contributed by atoms with Gasteiger partial charge in [-0.15, -0.1) is 0 Å². The Morgan fingerprint density at radius 2 is 1.87 bits per heavy atom. The molecule has 0 saturated carbocycles. The van der Waals surface area contributed by atoms with Crippen LogP contribution in [0.3, 0.4) is 0 Å². The second-order valence-corrected chi connectivity index (χ2v) is 8.90. The molecule has 5 rings (SSSR count). The predicted octanol–water partition coefficient (Wildman–Crippen LogP) is 6.25. The van der Waals surface area contributed by atoms with E-state index < -0.39 is 5.56 Å². The number of nitrogens with one attached hydrogen (secondary N) is 2. The fraction of sp³-hybridized carbons (Fsp3) is 0.0690. The molecule has 2 N–H and O–H groups in total. The fourth-order valence-electron chi connectivity index (χ4n) is 3.80. The summed E-state index contributed by atoms with van der Waals surface area (Å²) in [4.78, 5) is 26.4. The lowest BCUT2D eigenvalue weighted by molar-refractivity contribution is 0.0948. The molecule has 0 spiro atoms. The summed E-state index contributed by atoms with van der Waals surface area (Å²) in [6.07, 6.45) is 3.01. The van der Waals surface area contributed by atoms with Crippen LogP contribution in [-0.4, -0.2) is 15.7 Å². The Kier molecular flexibility index (Phi) is 7.24. The van der Waals surface area contributed by atoms with E-state index in [9.17, 15) is 9.59 Å². The quantitative estimate of drug-likeness (QED) is 0.248. The van der Waals surface area contributed by atoms with Crippen molar-refractivity contribution in [2.45, 2.75) is 13.5 Å². The first-order valence-corrected chi connectivity index (χ1v) is 12.1. The molecule has 9 heteroatoms. The molecule has 1 amide bonds. The molecule has 38 heavy (non-hydrogen) atoms. The van der Waals surface area contributed by atoms with Crippen molar-refractivity contribution < 1.29 is 13.9 Å². The van der Waals surface area contributed by atoms with E-state index in [2.05, 4.69) is 15.7 Å². The van der Waals surface area contributed by atoms with Crippen LogP contribution in [0.4, 0.5) is 11.4 Å². The van der Waals surface area contributed by atoms with Crippen molar-refractivity contribution in [1.82, 2.24) is 15.1 Å². The molecule has 0 aliphatic carbocycles. The summed E-state index contributed by atoms with van der Waals surface area (Å²) in [6, 6.07) is 24.6. The number of furan rings is 1. The van der Waals surface area contributed by atoms with E-state index in [-0.39, 0.29) is 23.9 Å². The van der Waals surface area contributed by atoms with E-state index in [1.54, 1.807) is 73.0 Å². The normalized spacial score (nSPS) is 10.7.